The Morgan fingerprint density at radius 2 is 1.56 bits per heavy atom. The Balaban J connectivity index is 0.000000308. The Kier molecular flexibility index (Phi) is 8.87. The zero-order valence-electron chi connectivity index (χ0n) is 20.5. The van der Waals surface area contributed by atoms with Crippen LogP contribution in [0.3, 0.4) is 0 Å². The summed E-state index contributed by atoms with van der Waals surface area (Å²) in [4.78, 5) is 22.0. The normalized spacial score (nSPS) is 17.1. The van der Waals surface area contributed by atoms with Crippen LogP contribution < -0.4 is 0 Å². The summed E-state index contributed by atoms with van der Waals surface area (Å²) in [6, 6.07) is 19.9. The van der Waals surface area contributed by atoms with Crippen molar-refractivity contribution in [2.75, 3.05) is 13.6 Å². The molecule has 0 saturated heterocycles. The van der Waals surface area contributed by atoms with Crippen LogP contribution in [-0.2, 0) is 16.1 Å². The predicted octanol–water partition coefficient (Wildman–Crippen LogP) is 2.61. The first-order chi connectivity index (χ1) is 17.1. The van der Waals surface area contributed by atoms with Gasteiger partial charge in [-0.05, 0) is 68.8 Å². The fourth-order valence-corrected chi connectivity index (χ4v) is 4.08. The Morgan fingerprint density at radius 3 is 2.11 bits per heavy atom. The molecular weight excluding hydrogens is 462 g/mol. The fourth-order valence-electron chi connectivity index (χ4n) is 4.08. The minimum Gasteiger partial charge on any atom is -0.479 e. The van der Waals surface area contributed by atoms with Crippen molar-refractivity contribution in [2.45, 2.75) is 44.9 Å². The van der Waals surface area contributed by atoms with E-state index in [1.807, 2.05) is 13.0 Å². The van der Waals surface area contributed by atoms with Crippen molar-refractivity contribution in [3.63, 3.8) is 0 Å². The topological polar surface area (TPSA) is 144 Å². The van der Waals surface area contributed by atoms with Gasteiger partial charge in [0.25, 0.3) is 0 Å². The number of carbonyl (C=O) groups is 2. The lowest BCUT2D eigenvalue weighted by Gasteiger charge is -2.19. The maximum atomic E-state index is 9.77. The second-order valence-electron chi connectivity index (χ2n) is 9.03. The average Bonchev–Trinajstić information content (AvgIpc) is 3.02. The summed E-state index contributed by atoms with van der Waals surface area (Å²) in [5.74, 6) is -3.08. The fraction of sp³-hybridized carbons (Fsp3) is 0.333. The van der Waals surface area contributed by atoms with Crippen LogP contribution in [0.25, 0.3) is 11.3 Å². The maximum Gasteiger partial charge on any atom is 0.335 e. The van der Waals surface area contributed by atoms with Gasteiger partial charge in [-0.2, -0.15) is 10.2 Å². The van der Waals surface area contributed by atoms with E-state index < -0.39 is 24.1 Å². The highest BCUT2D eigenvalue weighted by atomic mass is 16.4. The number of aliphatic hydroxyl groups is 2. The van der Waals surface area contributed by atoms with Gasteiger partial charge < -0.3 is 25.3 Å². The van der Waals surface area contributed by atoms with Crippen LogP contribution in [0.15, 0.2) is 54.6 Å². The third kappa shape index (κ3) is 6.72. The summed E-state index contributed by atoms with van der Waals surface area (Å²) in [6.07, 6.45) is -3.38. The van der Waals surface area contributed by atoms with E-state index in [9.17, 15) is 9.59 Å². The summed E-state index contributed by atoms with van der Waals surface area (Å²) in [7, 11) is 2.21. The first-order valence-corrected chi connectivity index (χ1v) is 11.6. The van der Waals surface area contributed by atoms with Crippen LogP contribution in [0.1, 0.15) is 40.3 Å². The minimum absolute atomic E-state index is 0.453. The van der Waals surface area contributed by atoms with Crippen LogP contribution in [0.4, 0.5) is 0 Å². The van der Waals surface area contributed by atoms with Crippen LogP contribution in [0.2, 0.25) is 0 Å². The molecule has 1 aliphatic heterocycles. The summed E-state index contributed by atoms with van der Waals surface area (Å²) < 4.78 is 0. The van der Waals surface area contributed by atoms with Gasteiger partial charge >= 0.3 is 11.9 Å². The van der Waals surface area contributed by atoms with E-state index in [0.717, 1.165) is 36.5 Å². The Bertz CT molecular complexity index is 1180. The number of benzene rings is 2. The highest BCUT2D eigenvalue weighted by Gasteiger charge is 2.29. The number of fused-ring (bicyclic) bond motifs is 1. The number of carboxylic acids is 2. The highest BCUT2D eigenvalue weighted by Crippen LogP contribution is 2.35. The summed E-state index contributed by atoms with van der Waals surface area (Å²) in [6.45, 7) is 6.19. The molecule has 9 nitrogen and oxygen atoms in total. The number of aryl methyl sites for hydroxylation is 2. The van der Waals surface area contributed by atoms with Crippen molar-refractivity contribution in [3.05, 3.63) is 82.5 Å². The lowest BCUT2D eigenvalue weighted by atomic mass is 9.85. The van der Waals surface area contributed by atoms with Crippen molar-refractivity contribution < 1.29 is 30.0 Å². The second-order valence-corrected chi connectivity index (χ2v) is 9.03. The zero-order chi connectivity index (χ0) is 26.4. The second kappa shape index (κ2) is 11.9. The van der Waals surface area contributed by atoms with E-state index in [1.54, 1.807) is 0 Å². The molecular formula is C27H31N3O6. The van der Waals surface area contributed by atoms with E-state index in [1.165, 1.54) is 22.3 Å². The molecule has 2 aromatic carbocycles. The molecule has 2 heterocycles. The largest absolute Gasteiger partial charge is 0.479 e. The Morgan fingerprint density at radius 1 is 0.917 bits per heavy atom. The van der Waals surface area contributed by atoms with E-state index in [-0.39, 0.29) is 0 Å². The van der Waals surface area contributed by atoms with E-state index in [4.69, 9.17) is 20.4 Å². The molecule has 1 aliphatic rings. The minimum atomic E-state index is -2.27. The molecule has 36 heavy (non-hydrogen) atoms. The number of hydrogen-bond acceptors (Lipinski definition) is 7. The molecule has 3 atom stereocenters. The maximum absolute atomic E-state index is 9.77. The number of carboxylic acid groups (broad SMARTS) is 2. The molecule has 0 fully saturated rings. The first kappa shape index (κ1) is 26.9. The summed E-state index contributed by atoms with van der Waals surface area (Å²) in [5.41, 5.74) is 8.61. The van der Waals surface area contributed by atoms with Gasteiger partial charge in [0.1, 0.15) is 0 Å². The van der Waals surface area contributed by atoms with Gasteiger partial charge in [0, 0.05) is 18.0 Å². The number of nitrogens with zero attached hydrogens (tertiary/aromatic N) is 3. The molecule has 190 valence electrons. The van der Waals surface area contributed by atoms with Gasteiger partial charge in [0.15, 0.2) is 12.2 Å². The van der Waals surface area contributed by atoms with Gasteiger partial charge in [-0.15, -0.1) is 0 Å². The van der Waals surface area contributed by atoms with E-state index >= 15 is 0 Å². The monoisotopic (exact) mass is 493 g/mol. The van der Waals surface area contributed by atoms with Crippen molar-refractivity contribution in [1.29, 1.82) is 0 Å². The molecule has 0 bridgehead atoms. The summed E-state index contributed by atoms with van der Waals surface area (Å²) in [5, 5.41) is 41.1. The molecule has 0 saturated carbocycles. The quantitative estimate of drug-likeness (QED) is 0.421. The van der Waals surface area contributed by atoms with Crippen LogP contribution in [0.5, 0.6) is 0 Å². The van der Waals surface area contributed by atoms with Gasteiger partial charge in [-0.1, -0.05) is 42.0 Å². The first-order valence-electron chi connectivity index (χ1n) is 11.6. The average molecular weight is 494 g/mol. The van der Waals surface area contributed by atoms with Crippen molar-refractivity contribution in [2.24, 2.45) is 0 Å². The number of rotatable bonds is 5. The third-order valence-electron chi connectivity index (χ3n) is 6.14. The smallest absolute Gasteiger partial charge is 0.335 e. The molecule has 0 radical (unpaired) electrons. The van der Waals surface area contributed by atoms with Crippen molar-refractivity contribution >= 4 is 11.9 Å². The van der Waals surface area contributed by atoms with Gasteiger partial charge in [-0.25, -0.2) is 9.59 Å². The molecule has 0 amide bonds. The van der Waals surface area contributed by atoms with Gasteiger partial charge in [0.05, 0.1) is 11.4 Å². The lowest BCUT2D eigenvalue weighted by molar-refractivity contribution is -0.165. The summed E-state index contributed by atoms with van der Waals surface area (Å²) >= 11 is 0. The van der Waals surface area contributed by atoms with Gasteiger partial charge in [-0.3, -0.25) is 0 Å². The molecule has 4 rings (SSSR count). The van der Waals surface area contributed by atoms with Crippen LogP contribution >= 0.6 is 0 Å². The SMILES string of the molecule is Cc1ccc(C2CCN(C)Cc3cc(-c4ccc(C)nn4)ccc32)cc1.O=C(O)[C@H](O)[C@@H](O)C(=O)O. The number of hydrogen-bond donors (Lipinski definition) is 4. The molecule has 0 aliphatic carbocycles. The Hall–Kier alpha value is -3.66. The Labute approximate surface area is 209 Å². The molecule has 3 aromatic rings. The van der Waals surface area contributed by atoms with Crippen LogP contribution in [-0.4, -0.2) is 73.3 Å². The molecule has 1 unspecified atom stereocenters. The predicted molar refractivity (Wildman–Crippen MR) is 133 cm³/mol. The van der Waals surface area contributed by atoms with E-state index in [0.29, 0.717) is 5.92 Å². The number of aromatic nitrogens is 2. The van der Waals surface area contributed by atoms with E-state index in [2.05, 4.69) is 77.6 Å². The molecule has 9 heteroatoms. The molecule has 1 aromatic heterocycles. The lowest BCUT2D eigenvalue weighted by Crippen LogP contribution is -2.39. The van der Waals surface area contributed by atoms with Crippen molar-refractivity contribution in [1.82, 2.24) is 15.1 Å². The standard InChI is InChI=1S/C23H25N3.C4H6O6/c1-16-4-7-18(8-5-16)22-12-13-26(3)15-20-14-19(9-10-21(20)22)23-11-6-17(2)24-25-23;5-1(3(7)8)2(6)4(9)10/h4-11,14,22H,12-13,15H2,1-3H3;1-2,5-6H,(H,7,8)(H,9,10)/t;1-,2-/m.1/s1. The molecule has 0 spiro atoms. The third-order valence-corrected chi connectivity index (χ3v) is 6.14. The van der Waals surface area contributed by atoms with Crippen molar-refractivity contribution in [3.8, 4) is 11.3 Å². The highest BCUT2D eigenvalue weighted by molar-refractivity contribution is 5.83. The number of aliphatic carboxylic acids is 2. The number of aliphatic hydroxyl groups excluding tert-OH is 2. The van der Waals surface area contributed by atoms with Crippen LogP contribution in [0, 0.1) is 13.8 Å². The van der Waals surface area contributed by atoms with Gasteiger partial charge in [0.2, 0.25) is 0 Å². The molecule has 4 N–H and O–H groups in total. The zero-order valence-corrected chi connectivity index (χ0v) is 20.5.